The molecule has 0 saturated carbocycles. The molecule has 0 aliphatic carbocycles. The van der Waals surface area contributed by atoms with Crippen LogP contribution < -0.4 is 5.32 Å². The molecule has 2 aromatic rings. The number of pyridine rings is 1. The zero-order valence-electron chi connectivity index (χ0n) is 10.9. The fourth-order valence-corrected chi connectivity index (χ4v) is 1.71. The monoisotopic (exact) mass is 292 g/mol. The van der Waals surface area contributed by atoms with Gasteiger partial charge in [0.15, 0.2) is 11.6 Å². The van der Waals surface area contributed by atoms with Crippen LogP contribution in [0.2, 0.25) is 0 Å². The Bertz CT molecular complexity index is 732. The van der Waals surface area contributed by atoms with Crippen molar-refractivity contribution in [3.8, 4) is 0 Å². The van der Waals surface area contributed by atoms with E-state index < -0.39 is 29.1 Å². The van der Waals surface area contributed by atoms with E-state index in [0.717, 1.165) is 0 Å². The minimum Gasteiger partial charge on any atom is -0.478 e. The average molecular weight is 292 g/mol. The molecule has 108 valence electrons. The van der Waals surface area contributed by atoms with Gasteiger partial charge in [0, 0.05) is 23.5 Å². The first-order valence-electron chi connectivity index (χ1n) is 5.85. The normalized spacial score (nSPS) is 10.2. The molecular formula is C14H10F2N2O3. The molecule has 0 aliphatic heterocycles. The molecule has 1 amide bonds. The number of carbonyl (C=O) groups excluding carboxylic acids is 1. The molecule has 0 spiro atoms. The predicted molar refractivity (Wildman–Crippen MR) is 70.2 cm³/mol. The molecule has 21 heavy (non-hydrogen) atoms. The van der Waals surface area contributed by atoms with Gasteiger partial charge in [-0.05, 0) is 25.1 Å². The Morgan fingerprint density at radius 2 is 1.86 bits per heavy atom. The molecule has 7 heteroatoms. The van der Waals surface area contributed by atoms with Crippen molar-refractivity contribution < 1.29 is 23.5 Å². The molecule has 0 aliphatic rings. The van der Waals surface area contributed by atoms with Gasteiger partial charge in [0.25, 0.3) is 5.91 Å². The van der Waals surface area contributed by atoms with Crippen molar-refractivity contribution in [2.45, 2.75) is 6.92 Å². The van der Waals surface area contributed by atoms with E-state index in [0.29, 0.717) is 17.8 Å². The minimum atomic E-state index is -1.48. The summed E-state index contributed by atoms with van der Waals surface area (Å²) in [6.07, 6.45) is 1.41. The van der Waals surface area contributed by atoms with Gasteiger partial charge in [-0.3, -0.25) is 9.78 Å². The van der Waals surface area contributed by atoms with Crippen LogP contribution in [0.25, 0.3) is 0 Å². The highest BCUT2D eigenvalue weighted by atomic mass is 19.2. The van der Waals surface area contributed by atoms with Crippen molar-refractivity contribution in [3.63, 3.8) is 0 Å². The molecule has 2 rings (SSSR count). The fraction of sp³-hybridized carbons (Fsp3) is 0.0714. The van der Waals surface area contributed by atoms with E-state index in [1.807, 2.05) is 0 Å². The molecule has 0 fully saturated rings. The van der Waals surface area contributed by atoms with Crippen LogP contribution in [0.4, 0.5) is 14.5 Å². The lowest BCUT2D eigenvalue weighted by Gasteiger charge is -2.09. The topological polar surface area (TPSA) is 79.3 Å². The van der Waals surface area contributed by atoms with Gasteiger partial charge in [-0.2, -0.15) is 0 Å². The van der Waals surface area contributed by atoms with Crippen molar-refractivity contribution in [2.75, 3.05) is 5.32 Å². The summed E-state index contributed by atoms with van der Waals surface area (Å²) in [7, 11) is 0. The van der Waals surface area contributed by atoms with Crippen LogP contribution in [0.3, 0.4) is 0 Å². The highest BCUT2D eigenvalue weighted by Gasteiger charge is 2.17. The second kappa shape index (κ2) is 5.66. The molecule has 5 nitrogen and oxygen atoms in total. The molecule has 2 N–H and O–H groups in total. The lowest BCUT2D eigenvalue weighted by molar-refractivity contribution is 0.0697. The van der Waals surface area contributed by atoms with Crippen LogP contribution in [-0.2, 0) is 0 Å². The number of carboxylic acids is 1. The summed E-state index contributed by atoms with van der Waals surface area (Å²) in [5, 5.41) is 11.2. The van der Waals surface area contributed by atoms with E-state index in [4.69, 9.17) is 5.11 Å². The number of carboxylic acid groups (broad SMARTS) is 1. The number of hydrogen-bond acceptors (Lipinski definition) is 3. The molecule has 1 aromatic carbocycles. The Balaban J connectivity index is 2.37. The number of rotatable bonds is 3. The molecular weight excluding hydrogens is 282 g/mol. The van der Waals surface area contributed by atoms with Gasteiger partial charge in [0.2, 0.25) is 0 Å². The lowest BCUT2D eigenvalue weighted by Crippen LogP contribution is -2.16. The lowest BCUT2D eigenvalue weighted by atomic mass is 10.1. The van der Waals surface area contributed by atoms with Crippen molar-refractivity contribution >= 4 is 17.6 Å². The standard InChI is InChI=1S/C14H10F2N2O3/c1-7-4-8(2-3-17-7)13(19)18-12-6-11(16)10(15)5-9(12)14(20)21/h2-6H,1H3,(H,18,19)(H,20,21). The number of nitrogens with zero attached hydrogens (tertiary/aromatic N) is 1. The summed E-state index contributed by atoms with van der Waals surface area (Å²) in [6, 6.07) is 4.05. The number of benzene rings is 1. The molecule has 0 unspecified atom stereocenters. The van der Waals surface area contributed by atoms with E-state index in [2.05, 4.69) is 10.3 Å². The summed E-state index contributed by atoms with van der Waals surface area (Å²) in [5.41, 5.74) is -0.0381. The first kappa shape index (κ1) is 14.6. The zero-order chi connectivity index (χ0) is 15.6. The van der Waals surface area contributed by atoms with Crippen LogP contribution in [0.5, 0.6) is 0 Å². The molecule has 1 heterocycles. The SMILES string of the molecule is Cc1cc(C(=O)Nc2cc(F)c(F)cc2C(=O)O)ccn1. The number of nitrogens with one attached hydrogen (secondary N) is 1. The zero-order valence-corrected chi connectivity index (χ0v) is 10.9. The Hall–Kier alpha value is -2.83. The van der Waals surface area contributed by atoms with Crippen LogP contribution >= 0.6 is 0 Å². The van der Waals surface area contributed by atoms with Gasteiger partial charge in [-0.15, -0.1) is 0 Å². The Kier molecular flexibility index (Phi) is 3.93. The van der Waals surface area contributed by atoms with Gasteiger partial charge in [0.05, 0.1) is 11.3 Å². The third kappa shape index (κ3) is 3.19. The summed E-state index contributed by atoms with van der Waals surface area (Å²) in [6.45, 7) is 1.68. The van der Waals surface area contributed by atoms with Crippen LogP contribution in [0, 0.1) is 18.6 Å². The van der Waals surface area contributed by atoms with Gasteiger partial charge >= 0.3 is 5.97 Å². The van der Waals surface area contributed by atoms with Gasteiger partial charge in [-0.25, -0.2) is 13.6 Å². The first-order chi connectivity index (χ1) is 9.88. The van der Waals surface area contributed by atoms with E-state index in [1.54, 1.807) is 6.92 Å². The first-order valence-corrected chi connectivity index (χ1v) is 5.85. The summed E-state index contributed by atoms with van der Waals surface area (Å²) >= 11 is 0. The van der Waals surface area contributed by atoms with Crippen LogP contribution in [-0.4, -0.2) is 22.0 Å². The van der Waals surface area contributed by atoms with Crippen molar-refractivity contribution in [2.24, 2.45) is 0 Å². The van der Waals surface area contributed by atoms with Gasteiger partial charge in [0.1, 0.15) is 0 Å². The minimum absolute atomic E-state index is 0.226. The Morgan fingerprint density at radius 1 is 1.19 bits per heavy atom. The maximum Gasteiger partial charge on any atom is 0.337 e. The Morgan fingerprint density at radius 3 is 2.48 bits per heavy atom. The van der Waals surface area contributed by atoms with Crippen LogP contribution in [0.15, 0.2) is 30.5 Å². The largest absolute Gasteiger partial charge is 0.478 e. The number of aromatic carboxylic acids is 1. The number of amides is 1. The number of aryl methyl sites for hydroxylation is 1. The maximum atomic E-state index is 13.2. The summed E-state index contributed by atoms with van der Waals surface area (Å²) in [4.78, 5) is 26.9. The number of aromatic nitrogens is 1. The maximum absolute atomic E-state index is 13.2. The average Bonchev–Trinajstić information content (AvgIpc) is 2.42. The molecule has 0 radical (unpaired) electrons. The number of hydrogen-bond donors (Lipinski definition) is 2. The fourth-order valence-electron chi connectivity index (χ4n) is 1.71. The van der Waals surface area contributed by atoms with Crippen molar-refractivity contribution in [3.05, 3.63) is 58.9 Å². The van der Waals surface area contributed by atoms with E-state index in [1.165, 1.54) is 18.3 Å². The molecule has 1 aromatic heterocycles. The predicted octanol–water partition coefficient (Wildman–Crippen LogP) is 2.62. The van der Waals surface area contributed by atoms with E-state index in [-0.39, 0.29) is 11.3 Å². The summed E-state index contributed by atoms with van der Waals surface area (Å²) in [5.74, 6) is -4.67. The van der Waals surface area contributed by atoms with E-state index in [9.17, 15) is 18.4 Å². The molecule has 0 bridgehead atoms. The smallest absolute Gasteiger partial charge is 0.337 e. The van der Waals surface area contributed by atoms with Gasteiger partial charge in [-0.1, -0.05) is 0 Å². The quantitative estimate of drug-likeness (QED) is 0.911. The third-order valence-corrected chi connectivity index (χ3v) is 2.70. The highest BCUT2D eigenvalue weighted by molar-refractivity contribution is 6.07. The Labute approximate surface area is 118 Å². The molecule has 0 saturated heterocycles. The molecule has 0 atom stereocenters. The second-order valence-corrected chi connectivity index (χ2v) is 4.26. The second-order valence-electron chi connectivity index (χ2n) is 4.26. The number of carbonyl (C=O) groups is 2. The highest BCUT2D eigenvalue weighted by Crippen LogP contribution is 2.21. The third-order valence-electron chi connectivity index (χ3n) is 2.70. The van der Waals surface area contributed by atoms with Crippen LogP contribution in [0.1, 0.15) is 26.4 Å². The van der Waals surface area contributed by atoms with Gasteiger partial charge < -0.3 is 10.4 Å². The van der Waals surface area contributed by atoms with Crippen molar-refractivity contribution in [1.82, 2.24) is 4.98 Å². The number of halogens is 2. The van der Waals surface area contributed by atoms with Crippen molar-refractivity contribution in [1.29, 1.82) is 0 Å². The van der Waals surface area contributed by atoms with E-state index >= 15 is 0 Å². The number of anilines is 1. The summed E-state index contributed by atoms with van der Waals surface area (Å²) < 4.78 is 26.3.